The van der Waals surface area contributed by atoms with E-state index in [1.807, 2.05) is 18.2 Å². The molecule has 1 aliphatic heterocycles. The number of hydrogen-bond acceptors (Lipinski definition) is 4. The summed E-state index contributed by atoms with van der Waals surface area (Å²) in [6, 6.07) is 5.94. The van der Waals surface area contributed by atoms with Gasteiger partial charge in [-0.05, 0) is 43.4 Å². The molecule has 1 N–H and O–H groups in total. The van der Waals surface area contributed by atoms with Crippen LogP contribution in [0.3, 0.4) is 0 Å². The second-order valence-electron chi connectivity index (χ2n) is 6.08. The monoisotopic (exact) mass is 308 g/mol. The van der Waals surface area contributed by atoms with Crippen molar-refractivity contribution in [2.45, 2.75) is 63.8 Å². The summed E-state index contributed by atoms with van der Waals surface area (Å²) in [4.78, 5) is 0. The average Bonchev–Trinajstić information content (AvgIpc) is 2.53. The lowest BCUT2D eigenvalue weighted by molar-refractivity contribution is -0.256. The molecule has 0 aliphatic carbocycles. The van der Waals surface area contributed by atoms with Gasteiger partial charge in [0.1, 0.15) is 0 Å². The van der Waals surface area contributed by atoms with E-state index in [4.69, 9.17) is 14.2 Å². The molecule has 0 saturated carbocycles. The largest absolute Gasteiger partial charge is 0.493 e. The van der Waals surface area contributed by atoms with Crippen LogP contribution in [0.4, 0.5) is 0 Å². The number of unbranched alkanes of at least 4 members (excludes halogenated alkanes) is 1. The molecule has 1 fully saturated rings. The van der Waals surface area contributed by atoms with E-state index in [1.54, 1.807) is 14.2 Å². The zero-order valence-electron chi connectivity index (χ0n) is 13.9. The molecule has 22 heavy (non-hydrogen) atoms. The van der Waals surface area contributed by atoms with Gasteiger partial charge in [-0.3, -0.25) is 0 Å². The lowest BCUT2D eigenvalue weighted by atomic mass is 9.94. The van der Waals surface area contributed by atoms with Crippen molar-refractivity contribution in [1.82, 2.24) is 0 Å². The fraction of sp³-hybridized carbons (Fsp3) is 0.667. The molecule has 4 heteroatoms. The molecule has 124 valence electrons. The Bertz CT molecular complexity index is 474. The fourth-order valence-electron chi connectivity index (χ4n) is 3.09. The first kappa shape index (κ1) is 17.1. The summed E-state index contributed by atoms with van der Waals surface area (Å²) in [7, 11) is 3.28. The minimum atomic E-state index is -0.935. The van der Waals surface area contributed by atoms with E-state index in [0.717, 1.165) is 62.0 Å². The number of aliphatic hydroxyl groups is 1. The highest BCUT2D eigenvalue weighted by Crippen LogP contribution is 2.34. The van der Waals surface area contributed by atoms with Crippen LogP contribution in [0.1, 0.15) is 51.0 Å². The van der Waals surface area contributed by atoms with Gasteiger partial charge in [-0.25, -0.2) is 0 Å². The standard InChI is InChI=1S/C18H28O4/c1-4-5-10-18(19)11-6-7-15(22-18)12-14-8-9-16(20-2)17(13-14)21-3/h8-9,13,15,19H,4-7,10-12H2,1-3H3. The van der Waals surface area contributed by atoms with Crippen molar-refractivity contribution in [2.24, 2.45) is 0 Å². The van der Waals surface area contributed by atoms with Crippen molar-refractivity contribution in [3.05, 3.63) is 23.8 Å². The SMILES string of the molecule is CCCCC1(O)CCCC(Cc2ccc(OC)c(OC)c2)O1. The first-order valence-electron chi connectivity index (χ1n) is 8.21. The number of methoxy groups -OCH3 is 2. The van der Waals surface area contributed by atoms with E-state index < -0.39 is 5.79 Å². The Kier molecular flexibility index (Phi) is 6.09. The molecule has 2 unspecified atom stereocenters. The minimum Gasteiger partial charge on any atom is -0.493 e. The third-order valence-electron chi connectivity index (χ3n) is 4.31. The van der Waals surface area contributed by atoms with E-state index in [2.05, 4.69) is 6.92 Å². The summed E-state index contributed by atoms with van der Waals surface area (Å²) >= 11 is 0. The van der Waals surface area contributed by atoms with Crippen LogP contribution in [0.15, 0.2) is 18.2 Å². The Morgan fingerprint density at radius 2 is 2.05 bits per heavy atom. The summed E-state index contributed by atoms with van der Waals surface area (Å²) in [6.07, 6.45) is 6.40. The molecule has 2 atom stereocenters. The maximum absolute atomic E-state index is 10.6. The van der Waals surface area contributed by atoms with Crippen molar-refractivity contribution in [3.8, 4) is 11.5 Å². The van der Waals surface area contributed by atoms with Crippen LogP contribution in [-0.2, 0) is 11.2 Å². The van der Waals surface area contributed by atoms with Gasteiger partial charge in [0.25, 0.3) is 0 Å². The van der Waals surface area contributed by atoms with Gasteiger partial charge in [-0.2, -0.15) is 0 Å². The van der Waals surface area contributed by atoms with Crippen LogP contribution >= 0.6 is 0 Å². The van der Waals surface area contributed by atoms with Crippen LogP contribution in [0, 0.1) is 0 Å². The Labute approximate surface area is 133 Å². The summed E-state index contributed by atoms with van der Waals surface area (Å²) < 4.78 is 16.6. The molecule has 1 aliphatic rings. The molecule has 1 saturated heterocycles. The van der Waals surface area contributed by atoms with Gasteiger partial charge in [0.2, 0.25) is 0 Å². The van der Waals surface area contributed by atoms with Crippen LogP contribution in [0.2, 0.25) is 0 Å². The Hall–Kier alpha value is -1.26. The van der Waals surface area contributed by atoms with Crippen LogP contribution in [0.5, 0.6) is 11.5 Å². The van der Waals surface area contributed by atoms with Gasteiger partial charge in [0.05, 0.1) is 20.3 Å². The van der Waals surface area contributed by atoms with Gasteiger partial charge in [0, 0.05) is 12.8 Å². The van der Waals surface area contributed by atoms with Gasteiger partial charge in [0.15, 0.2) is 17.3 Å². The number of benzene rings is 1. The topological polar surface area (TPSA) is 47.9 Å². The highest BCUT2D eigenvalue weighted by atomic mass is 16.6. The highest BCUT2D eigenvalue weighted by Gasteiger charge is 2.34. The van der Waals surface area contributed by atoms with Crippen LogP contribution in [0.25, 0.3) is 0 Å². The molecule has 0 radical (unpaired) electrons. The first-order valence-corrected chi connectivity index (χ1v) is 8.21. The predicted molar refractivity (Wildman–Crippen MR) is 86.4 cm³/mol. The average molecular weight is 308 g/mol. The van der Waals surface area contributed by atoms with Crippen molar-refractivity contribution in [1.29, 1.82) is 0 Å². The smallest absolute Gasteiger partial charge is 0.165 e. The van der Waals surface area contributed by atoms with Crippen LogP contribution in [-0.4, -0.2) is 31.2 Å². The van der Waals surface area contributed by atoms with E-state index in [-0.39, 0.29) is 6.10 Å². The number of rotatable bonds is 7. The molecule has 0 bridgehead atoms. The molecule has 4 nitrogen and oxygen atoms in total. The van der Waals surface area contributed by atoms with Crippen LogP contribution < -0.4 is 9.47 Å². The molecular formula is C18H28O4. The second-order valence-corrected chi connectivity index (χ2v) is 6.08. The summed E-state index contributed by atoms with van der Waals surface area (Å²) in [5, 5.41) is 10.6. The van der Waals surface area contributed by atoms with Crippen molar-refractivity contribution >= 4 is 0 Å². The first-order chi connectivity index (χ1) is 10.6. The summed E-state index contributed by atoms with van der Waals surface area (Å²) in [6.45, 7) is 2.13. The van der Waals surface area contributed by atoms with E-state index in [1.165, 1.54) is 0 Å². The van der Waals surface area contributed by atoms with Gasteiger partial charge >= 0.3 is 0 Å². The van der Waals surface area contributed by atoms with Crippen molar-refractivity contribution < 1.29 is 19.3 Å². The Morgan fingerprint density at radius 3 is 2.73 bits per heavy atom. The summed E-state index contributed by atoms with van der Waals surface area (Å²) in [5.41, 5.74) is 1.14. The minimum absolute atomic E-state index is 0.0636. The third kappa shape index (κ3) is 4.37. The summed E-state index contributed by atoms with van der Waals surface area (Å²) in [5.74, 6) is 0.530. The third-order valence-corrected chi connectivity index (χ3v) is 4.31. The molecule has 2 rings (SSSR count). The normalized spacial score (nSPS) is 25.0. The number of ether oxygens (including phenoxy) is 3. The highest BCUT2D eigenvalue weighted by molar-refractivity contribution is 5.43. The molecule has 0 aromatic heterocycles. The molecular weight excluding hydrogens is 280 g/mol. The Balaban J connectivity index is 2.01. The van der Waals surface area contributed by atoms with E-state index >= 15 is 0 Å². The zero-order valence-corrected chi connectivity index (χ0v) is 13.9. The van der Waals surface area contributed by atoms with E-state index in [0.29, 0.717) is 0 Å². The molecule has 1 aromatic carbocycles. The fourth-order valence-corrected chi connectivity index (χ4v) is 3.09. The zero-order chi connectivity index (χ0) is 16.0. The lowest BCUT2D eigenvalue weighted by Gasteiger charge is -2.37. The second kappa shape index (κ2) is 7.84. The van der Waals surface area contributed by atoms with Gasteiger partial charge < -0.3 is 19.3 Å². The molecule has 1 aromatic rings. The van der Waals surface area contributed by atoms with Gasteiger partial charge in [-0.15, -0.1) is 0 Å². The van der Waals surface area contributed by atoms with Gasteiger partial charge in [-0.1, -0.05) is 19.4 Å². The maximum Gasteiger partial charge on any atom is 0.165 e. The predicted octanol–water partition coefficient (Wildman–Crippen LogP) is 3.69. The van der Waals surface area contributed by atoms with Crippen molar-refractivity contribution in [2.75, 3.05) is 14.2 Å². The maximum atomic E-state index is 10.6. The molecule has 1 heterocycles. The quantitative estimate of drug-likeness (QED) is 0.834. The lowest BCUT2D eigenvalue weighted by Crippen LogP contribution is -2.41. The molecule has 0 amide bonds. The van der Waals surface area contributed by atoms with Crippen molar-refractivity contribution in [3.63, 3.8) is 0 Å². The number of hydrogen-bond donors (Lipinski definition) is 1. The Morgan fingerprint density at radius 1 is 1.27 bits per heavy atom. The molecule has 0 spiro atoms. The van der Waals surface area contributed by atoms with E-state index in [9.17, 15) is 5.11 Å².